The van der Waals surface area contributed by atoms with Crippen LogP contribution in [0, 0.1) is 3.95 Å². The number of amides is 1. The number of carbonyl (C=O) groups is 1. The summed E-state index contributed by atoms with van der Waals surface area (Å²) in [6, 6.07) is 10.2. The van der Waals surface area contributed by atoms with E-state index in [2.05, 4.69) is 24.4 Å². The lowest BCUT2D eigenvalue weighted by atomic mass is 10.1. The van der Waals surface area contributed by atoms with Crippen molar-refractivity contribution in [1.82, 2.24) is 9.88 Å². The van der Waals surface area contributed by atoms with Gasteiger partial charge in [-0.05, 0) is 30.6 Å². The molecule has 3 N–H and O–H groups in total. The zero-order chi connectivity index (χ0) is 16.7. The van der Waals surface area contributed by atoms with E-state index in [9.17, 15) is 4.79 Å². The summed E-state index contributed by atoms with van der Waals surface area (Å²) in [5.74, 6) is 0.358. The number of hydrogen-bond donors (Lipinski definition) is 2. The Balaban J connectivity index is 2.01. The summed E-state index contributed by atoms with van der Waals surface area (Å²) >= 11 is 6.66. The Labute approximate surface area is 146 Å². The lowest BCUT2D eigenvalue weighted by Gasteiger charge is -2.07. The normalized spacial score (nSPS) is 10.7. The van der Waals surface area contributed by atoms with Crippen LogP contribution in [0.1, 0.15) is 41.4 Å². The molecule has 0 saturated carbocycles. The number of nitrogen functional groups attached to an aromatic ring is 1. The van der Waals surface area contributed by atoms with Gasteiger partial charge in [0.2, 0.25) is 0 Å². The van der Waals surface area contributed by atoms with Crippen molar-refractivity contribution in [2.24, 2.45) is 0 Å². The van der Waals surface area contributed by atoms with Gasteiger partial charge in [-0.2, -0.15) is 0 Å². The van der Waals surface area contributed by atoms with Crippen molar-refractivity contribution in [2.75, 3.05) is 12.3 Å². The molecule has 0 bridgehead atoms. The third-order valence-electron chi connectivity index (χ3n) is 3.67. The summed E-state index contributed by atoms with van der Waals surface area (Å²) in [6.07, 6.45) is 4.08. The molecule has 0 aliphatic carbocycles. The van der Waals surface area contributed by atoms with E-state index >= 15 is 0 Å². The summed E-state index contributed by atoms with van der Waals surface area (Å²) in [4.78, 5) is 12.8. The Kier molecular flexibility index (Phi) is 6.80. The van der Waals surface area contributed by atoms with Crippen LogP contribution in [0.15, 0.2) is 30.3 Å². The van der Waals surface area contributed by atoms with E-state index in [0.717, 1.165) is 25.7 Å². The van der Waals surface area contributed by atoms with Gasteiger partial charge in [0.1, 0.15) is 10.7 Å². The second-order valence-corrected chi connectivity index (χ2v) is 7.08. The van der Waals surface area contributed by atoms with Gasteiger partial charge in [0.05, 0.1) is 0 Å². The second kappa shape index (κ2) is 8.84. The van der Waals surface area contributed by atoms with Crippen molar-refractivity contribution in [3.05, 3.63) is 44.7 Å². The SMILES string of the molecule is CCCCCNC(=O)c1sc(=S)n(CCc2ccccc2)c1N. The molecule has 0 radical (unpaired) electrons. The van der Waals surface area contributed by atoms with Crippen molar-refractivity contribution >= 4 is 35.3 Å². The standard InChI is InChI=1S/C17H23N3OS2/c1-2-3-7-11-19-16(21)14-15(18)20(17(22)23-14)12-10-13-8-5-4-6-9-13/h4-6,8-9H,2-3,7,10-12,18H2,1H3,(H,19,21). The molecule has 1 aromatic carbocycles. The van der Waals surface area contributed by atoms with Crippen LogP contribution in [0.5, 0.6) is 0 Å². The first-order chi connectivity index (χ1) is 11.1. The molecule has 4 nitrogen and oxygen atoms in total. The maximum absolute atomic E-state index is 12.2. The van der Waals surface area contributed by atoms with E-state index in [-0.39, 0.29) is 5.91 Å². The first-order valence-electron chi connectivity index (χ1n) is 7.94. The maximum Gasteiger partial charge on any atom is 0.265 e. The third-order valence-corrected chi connectivity index (χ3v) is 5.14. The zero-order valence-corrected chi connectivity index (χ0v) is 15.0. The first kappa shape index (κ1) is 17.7. The largest absolute Gasteiger partial charge is 0.384 e. The van der Waals surface area contributed by atoms with Crippen LogP contribution in [0.4, 0.5) is 5.82 Å². The zero-order valence-electron chi connectivity index (χ0n) is 13.4. The fraction of sp³-hybridized carbons (Fsp3) is 0.412. The monoisotopic (exact) mass is 349 g/mol. The predicted molar refractivity (Wildman–Crippen MR) is 99.6 cm³/mol. The molecule has 0 fully saturated rings. The van der Waals surface area contributed by atoms with E-state index in [0.29, 0.717) is 27.7 Å². The van der Waals surface area contributed by atoms with Gasteiger partial charge in [-0.25, -0.2) is 0 Å². The molecule has 2 rings (SSSR count). The molecule has 0 aliphatic heterocycles. The van der Waals surface area contributed by atoms with E-state index in [1.54, 1.807) is 0 Å². The number of nitrogens with zero attached hydrogens (tertiary/aromatic N) is 1. The molecule has 1 aromatic heterocycles. The minimum absolute atomic E-state index is 0.117. The average molecular weight is 350 g/mol. The Bertz CT molecular complexity index is 692. The van der Waals surface area contributed by atoms with Crippen molar-refractivity contribution in [3.8, 4) is 0 Å². The van der Waals surface area contributed by atoms with Gasteiger partial charge in [-0.15, -0.1) is 0 Å². The number of rotatable bonds is 8. The molecule has 1 amide bonds. The Morgan fingerprint density at radius 2 is 2.04 bits per heavy atom. The molecule has 0 aliphatic rings. The minimum Gasteiger partial charge on any atom is -0.384 e. The summed E-state index contributed by atoms with van der Waals surface area (Å²) in [5, 5.41) is 2.92. The number of aromatic nitrogens is 1. The van der Waals surface area contributed by atoms with E-state index in [4.69, 9.17) is 18.0 Å². The van der Waals surface area contributed by atoms with E-state index in [1.807, 2.05) is 22.8 Å². The second-order valence-electron chi connectivity index (χ2n) is 5.43. The number of thiazole rings is 1. The maximum atomic E-state index is 12.2. The summed E-state index contributed by atoms with van der Waals surface area (Å²) < 4.78 is 2.51. The van der Waals surface area contributed by atoms with E-state index in [1.165, 1.54) is 16.9 Å². The van der Waals surface area contributed by atoms with Crippen molar-refractivity contribution in [1.29, 1.82) is 0 Å². The average Bonchev–Trinajstić information content (AvgIpc) is 2.85. The van der Waals surface area contributed by atoms with Gasteiger partial charge in [0.25, 0.3) is 5.91 Å². The van der Waals surface area contributed by atoms with Crippen LogP contribution >= 0.6 is 23.6 Å². The van der Waals surface area contributed by atoms with Gasteiger partial charge >= 0.3 is 0 Å². The van der Waals surface area contributed by atoms with Gasteiger partial charge in [-0.3, -0.25) is 4.79 Å². The van der Waals surface area contributed by atoms with Crippen molar-refractivity contribution in [3.63, 3.8) is 0 Å². The molecule has 23 heavy (non-hydrogen) atoms. The third kappa shape index (κ3) is 4.91. The van der Waals surface area contributed by atoms with Crippen LogP contribution in [-0.4, -0.2) is 17.0 Å². The van der Waals surface area contributed by atoms with Crippen molar-refractivity contribution in [2.45, 2.75) is 39.2 Å². The summed E-state index contributed by atoms with van der Waals surface area (Å²) in [5.41, 5.74) is 7.37. The minimum atomic E-state index is -0.117. The Hall–Kier alpha value is -1.66. The predicted octanol–water partition coefficient (Wildman–Crippen LogP) is 4.02. The van der Waals surface area contributed by atoms with Crippen LogP contribution in [0.2, 0.25) is 0 Å². The lowest BCUT2D eigenvalue weighted by Crippen LogP contribution is -2.24. The molecule has 0 unspecified atom stereocenters. The highest BCUT2D eigenvalue weighted by Gasteiger charge is 2.16. The van der Waals surface area contributed by atoms with Crippen LogP contribution in [0.25, 0.3) is 0 Å². The smallest absolute Gasteiger partial charge is 0.265 e. The summed E-state index contributed by atoms with van der Waals surface area (Å²) in [7, 11) is 0. The van der Waals surface area contributed by atoms with Gasteiger partial charge in [0.15, 0.2) is 3.95 Å². The molecule has 0 atom stereocenters. The number of hydrogen-bond acceptors (Lipinski definition) is 4. The fourth-order valence-corrected chi connectivity index (χ4v) is 3.63. The van der Waals surface area contributed by atoms with Gasteiger partial charge in [-0.1, -0.05) is 61.4 Å². The van der Waals surface area contributed by atoms with Gasteiger partial charge in [0, 0.05) is 13.1 Å². The van der Waals surface area contributed by atoms with Crippen LogP contribution in [-0.2, 0) is 13.0 Å². The Morgan fingerprint density at radius 1 is 1.30 bits per heavy atom. The Morgan fingerprint density at radius 3 is 2.74 bits per heavy atom. The highest BCUT2D eigenvalue weighted by molar-refractivity contribution is 7.73. The molecule has 2 aromatic rings. The van der Waals surface area contributed by atoms with Crippen LogP contribution < -0.4 is 11.1 Å². The first-order valence-corrected chi connectivity index (χ1v) is 9.17. The number of unbranched alkanes of at least 4 members (excludes halogenated alkanes) is 2. The quantitative estimate of drug-likeness (QED) is 0.559. The highest BCUT2D eigenvalue weighted by atomic mass is 32.1. The number of carbonyl (C=O) groups excluding carboxylic acids is 1. The fourth-order valence-electron chi connectivity index (χ4n) is 2.33. The van der Waals surface area contributed by atoms with Gasteiger partial charge < -0.3 is 15.6 Å². The summed E-state index contributed by atoms with van der Waals surface area (Å²) in [6.45, 7) is 3.51. The number of anilines is 1. The molecule has 1 heterocycles. The molecule has 0 spiro atoms. The number of nitrogens with one attached hydrogen (secondary N) is 1. The van der Waals surface area contributed by atoms with Crippen LogP contribution in [0.3, 0.4) is 0 Å². The molecular weight excluding hydrogens is 326 g/mol. The number of benzene rings is 1. The topological polar surface area (TPSA) is 60.0 Å². The van der Waals surface area contributed by atoms with E-state index < -0.39 is 0 Å². The number of aryl methyl sites for hydroxylation is 1. The lowest BCUT2D eigenvalue weighted by molar-refractivity contribution is 0.0957. The molecular formula is C17H23N3OS2. The molecule has 124 valence electrons. The molecule has 6 heteroatoms. The number of nitrogens with two attached hydrogens (primary N) is 1. The highest BCUT2D eigenvalue weighted by Crippen LogP contribution is 2.22. The molecule has 0 saturated heterocycles. The van der Waals surface area contributed by atoms with Crippen molar-refractivity contribution < 1.29 is 4.79 Å².